The summed E-state index contributed by atoms with van der Waals surface area (Å²) in [6, 6.07) is 13.6. The zero-order valence-corrected chi connectivity index (χ0v) is 15.6. The van der Waals surface area contributed by atoms with E-state index >= 15 is 0 Å². The minimum absolute atomic E-state index is 0.112. The average molecular weight is 376 g/mol. The van der Waals surface area contributed by atoms with E-state index in [9.17, 15) is 4.79 Å². The van der Waals surface area contributed by atoms with Gasteiger partial charge in [0.2, 0.25) is 0 Å². The predicted octanol–water partition coefficient (Wildman–Crippen LogP) is 4.24. The summed E-state index contributed by atoms with van der Waals surface area (Å²) in [6.45, 7) is 0. The van der Waals surface area contributed by atoms with E-state index in [-0.39, 0.29) is 5.56 Å². The Bertz CT molecular complexity index is 1240. The van der Waals surface area contributed by atoms with E-state index in [0.29, 0.717) is 22.7 Å². The Morgan fingerprint density at radius 3 is 2.56 bits per heavy atom. The predicted molar refractivity (Wildman–Crippen MR) is 107 cm³/mol. The van der Waals surface area contributed by atoms with Gasteiger partial charge in [0.1, 0.15) is 10.7 Å². The molecule has 2 heterocycles. The van der Waals surface area contributed by atoms with E-state index in [1.165, 1.54) is 0 Å². The topological polar surface area (TPSA) is 64.2 Å². The molecule has 1 N–H and O–H groups in total. The molecule has 2 aromatic heterocycles. The third-order valence-corrected chi connectivity index (χ3v) is 6.00. The third kappa shape index (κ3) is 2.37. The monoisotopic (exact) mass is 376 g/mol. The molecule has 0 saturated heterocycles. The lowest BCUT2D eigenvalue weighted by Crippen LogP contribution is -2.09. The molecule has 1 aliphatic rings. The van der Waals surface area contributed by atoms with Crippen molar-refractivity contribution in [2.75, 3.05) is 14.2 Å². The largest absolute Gasteiger partial charge is 0.493 e. The second-order valence-electron chi connectivity index (χ2n) is 6.40. The molecule has 6 heteroatoms. The highest BCUT2D eigenvalue weighted by Gasteiger charge is 2.28. The van der Waals surface area contributed by atoms with Gasteiger partial charge in [0.25, 0.3) is 5.56 Å². The summed E-state index contributed by atoms with van der Waals surface area (Å²) in [7, 11) is 3.25. The van der Waals surface area contributed by atoms with Crippen molar-refractivity contribution in [3.8, 4) is 34.0 Å². The molecule has 5 rings (SSSR count). The van der Waals surface area contributed by atoms with Gasteiger partial charge in [0.05, 0.1) is 19.6 Å². The maximum atomic E-state index is 12.9. The molecule has 4 aromatic rings. The number of H-pyrrole nitrogens is 1. The molecule has 0 atom stereocenters. The normalized spacial score (nSPS) is 12.1. The number of ether oxygens (including phenoxy) is 2. The molecule has 0 saturated carbocycles. The van der Waals surface area contributed by atoms with E-state index < -0.39 is 0 Å². The van der Waals surface area contributed by atoms with Crippen LogP contribution in [-0.2, 0) is 6.42 Å². The zero-order chi connectivity index (χ0) is 18.5. The first-order valence-corrected chi connectivity index (χ1v) is 9.37. The van der Waals surface area contributed by atoms with Gasteiger partial charge in [-0.15, -0.1) is 11.3 Å². The highest BCUT2D eigenvalue weighted by Crippen LogP contribution is 2.48. The van der Waals surface area contributed by atoms with Gasteiger partial charge < -0.3 is 14.5 Å². The van der Waals surface area contributed by atoms with Crippen LogP contribution in [0.3, 0.4) is 0 Å². The van der Waals surface area contributed by atoms with Crippen LogP contribution >= 0.6 is 11.3 Å². The molecule has 134 valence electrons. The minimum atomic E-state index is -0.112. The Kier molecular flexibility index (Phi) is 3.55. The van der Waals surface area contributed by atoms with Gasteiger partial charge in [0, 0.05) is 22.4 Å². The van der Waals surface area contributed by atoms with Crippen molar-refractivity contribution in [2.24, 2.45) is 0 Å². The van der Waals surface area contributed by atoms with Gasteiger partial charge >= 0.3 is 0 Å². The van der Waals surface area contributed by atoms with Crippen LogP contribution in [0.25, 0.3) is 32.7 Å². The first-order valence-electron chi connectivity index (χ1n) is 8.56. The summed E-state index contributed by atoms with van der Waals surface area (Å²) in [5.74, 6) is 1.96. The zero-order valence-electron chi connectivity index (χ0n) is 14.8. The molecule has 0 amide bonds. The van der Waals surface area contributed by atoms with E-state index in [0.717, 1.165) is 38.4 Å². The highest BCUT2D eigenvalue weighted by atomic mass is 32.1. The maximum Gasteiger partial charge on any atom is 0.260 e. The van der Waals surface area contributed by atoms with Crippen LogP contribution in [0.5, 0.6) is 11.5 Å². The number of rotatable bonds is 3. The van der Waals surface area contributed by atoms with Gasteiger partial charge in [-0.05, 0) is 23.3 Å². The number of methoxy groups -OCH3 is 2. The molecular weight excluding hydrogens is 360 g/mol. The van der Waals surface area contributed by atoms with Crippen LogP contribution in [0.1, 0.15) is 10.4 Å². The van der Waals surface area contributed by atoms with Crippen LogP contribution in [0.15, 0.2) is 47.3 Å². The Hall–Kier alpha value is -3.12. The summed E-state index contributed by atoms with van der Waals surface area (Å²) >= 11 is 1.58. The Labute approximate surface area is 159 Å². The lowest BCUT2D eigenvalue weighted by molar-refractivity contribution is 0.355. The van der Waals surface area contributed by atoms with E-state index in [1.54, 1.807) is 25.6 Å². The van der Waals surface area contributed by atoms with Gasteiger partial charge in [0.15, 0.2) is 11.5 Å². The average Bonchev–Trinajstić information content (AvgIpc) is 3.22. The van der Waals surface area contributed by atoms with E-state index in [2.05, 4.69) is 4.98 Å². The number of hydrogen-bond acceptors (Lipinski definition) is 5. The van der Waals surface area contributed by atoms with E-state index in [1.807, 2.05) is 42.5 Å². The fourth-order valence-corrected chi connectivity index (χ4v) is 4.88. The number of nitrogens with zero attached hydrogens (tertiary/aromatic N) is 1. The SMILES string of the molecule is COc1cc2c(cc1OC)-c1c(sc3nc(-c4ccccc4)[nH]c(=O)c13)C2. The lowest BCUT2D eigenvalue weighted by Gasteiger charge is -2.10. The van der Waals surface area contributed by atoms with Crippen molar-refractivity contribution >= 4 is 21.6 Å². The molecule has 0 aliphatic heterocycles. The fourth-order valence-electron chi connectivity index (χ4n) is 3.67. The smallest absolute Gasteiger partial charge is 0.260 e. The van der Waals surface area contributed by atoms with Crippen molar-refractivity contribution in [2.45, 2.75) is 6.42 Å². The summed E-state index contributed by atoms with van der Waals surface area (Å²) in [6.07, 6.45) is 0.770. The molecule has 0 fully saturated rings. The summed E-state index contributed by atoms with van der Waals surface area (Å²) in [5, 5.41) is 0.653. The second-order valence-corrected chi connectivity index (χ2v) is 7.49. The van der Waals surface area contributed by atoms with Crippen LogP contribution in [0, 0.1) is 0 Å². The summed E-state index contributed by atoms with van der Waals surface area (Å²) in [5.41, 5.74) is 3.92. The van der Waals surface area contributed by atoms with Crippen molar-refractivity contribution in [3.05, 3.63) is 63.3 Å². The summed E-state index contributed by atoms with van der Waals surface area (Å²) in [4.78, 5) is 22.5. The number of benzene rings is 2. The van der Waals surface area contributed by atoms with Crippen molar-refractivity contribution < 1.29 is 9.47 Å². The minimum Gasteiger partial charge on any atom is -0.493 e. The molecule has 27 heavy (non-hydrogen) atoms. The number of fused-ring (bicyclic) bond motifs is 5. The standard InChI is InChI=1S/C21H16N2O3S/c1-25-14-8-12-9-16-17(13(12)10-15(14)26-2)18-20(24)22-19(23-21(18)27-16)11-6-4-3-5-7-11/h3-8,10H,9H2,1-2H3,(H,22,23,24). The van der Waals surface area contributed by atoms with Crippen molar-refractivity contribution in [3.63, 3.8) is 0 Å². The number of thiophene rings is 1. The molecule has 1 aliphatic carbocycles. The van der Waals surface area contributed by atoms with Crippen LogP contribution in [0.4, 0.5) is 0 Å². The molecular formula is C21H16N2O3S. The molecule has 0 unspecified atom stereocenters. The molecule has 5 nitrogen and oxygen atoms in total. The van der Waals surface area contributed by atoms with Gasteiger partial charge in [-0.25, -0.2) is 4.98 Å². The van der Waals surface area contributed by atoms with E-state index in [4.69, 9.17) is 14.5 Å². The molecule has 0 spiro atoms. The number of nitrogens with one attached hydrogen (secondary N) is 1. The Morgan fingerprint density at radius 2 is 1.81 bits per heavy atom. The van der Waals surface area contributed by atoms with Crippen molar-refractivity contribution in [1.82, 2.24) is 9.97 Å². The molecule has 0 radical (unpaired) electrons. The number of aromatic nitrogens is 2. The van der Waals surface area contributed by atoms with Crippen LogP contribution < -0.4 is 15.0 Å². The van der Waals surface area contributed by atoms with Gasteiger partial charge in [-0.2, -0.15) is 0 Å². The van der Waals surface area contributed by atoms with Gasteiger partial charge in [-0.1, -0.05) is 30.3 Å². The fraction of sp³-hybridized carbons (Fsp3) is 0.143. The third-order valence-electron chi connectivity index (χ3n) is 4.91. The van der Waals surface area contributed by atoms with Crippen molar-refractivity contribution in [1.29, 1.82) is 0 Å². The number of aromatic amines is 1. The molecule has 2 aromatic carbocycles. The quantitative estimate of drug-likeness (QED) is 0.512. The first-order chi connectivity index (χ1) is 13.2. The lowest BCUT2D eigenvalue weighted by atomic mass is 10.0. The number of hydrogen-bond donors (Lipinski definition) is 1. The summed E-state index contributed by atoms with van der Waals surface area (Å²) < 4.78 is 10.9. The Morgan fingerprint density at radius 1 is 1.07 bits per heavy atom. The maximum absolute atomic E-state index is 12.9. The van der Waals surface area contributed by atoms with Crippen LogP contribution in [0.2, 0.25) is 0 Å². The highest BCUT2D eigenvalue weighted by molar-refractivity contribution is 7.19. The Balaban J connectivity index is 1.74. The van der Waals surface area contributed by atoms with Crippen LogP contribution in [-0.4, -0.2) is 24.2 Å². The second kappa shape index (κ2) is 5.96. The van der Waals surface area contributed by atoms with Gasteiger partial charge in [-0.3, -0.25) is 4.79 Å². The first kappa shape index (κ1) is 16.1. The molecule has 0 bridgehead atoms.